The Morgan fingerprint density at radius 2 is 1.73 bits per heavy atom. The van der Waals surface area contributed by atoms with Crippen molar-refractivity contribution in [3.63, 3.8) is 0 Å². The molecule has 0 saturated heterocycles. The zero-order chi connectivity index (χ0) is 29.1. The van der Waals surface area contributed by atoms with E-state index in [0.717, 1.165) is 27.4 Å². The van der Waals surface area contributed by atoms with E-state index in [0.29, 0.717) is 25.4 Å². The average Bonchev–Trinajstić information content (AvgIpc) is 3.44. The minimum Gasteiger partial charge on any atom is -0.491 e. The SMILES string of the molecule is CCC(=O)c1csc(NC(=O)C(C(C)c2ccccc2)N(C=O)C(=O)NC(C)c2ccc(OCCOC)cc2)n1. The number of amides is 4. The average molecular weight is 567 g/mol. The second-order valence-corrected chi connectivity index (χ2v) is 9.90. The number of hydrogen-bond acceptors (Lipinski definition) is 8. The second kappa shape index (κ2) is 14.9. The maximum Gasteiger partial charge on any atom is 0.325 e. The number of ketones is 1. The molecule has 40 heavy (non-hydrogen) atoms. The van der Waals surface area contributed by atoms with Crippen LogP contribution in [0.4, 0.5) is 9.93 Å². The zero-order valence-electron chi connectivity index (χ0n) is 23.0. The van der Waals surface area contributed by atoms with Crippen LogP contribution < -0.4 is 15.4 Å². The maximum atomic E-state index is 13.5. The van der Waals surface area contributed by atoms with Crippen molar-refractivity contribution < 1.29 is 28.7 Å². The summed E-state index contributed by atoms with van der Waals surface area (Å²) >= 11 is 1.10. The Morgan fingerprint density at radius 1 is 1.02 bits per heavy atom. The largest absolute Gasteiger partial charge is 0.491 e. The van der Waals surface area contributed by atoms with Crippen molar-refractivity contribution in [3.05, 3.63) is 76.8 Å². The minimum absolute atomic E-state index is 0.150. The molecule has 0 aliphatic rings. The summed E-state index contributed by atoms with van der Waals surface area (Å²) in [4.78, 5) is 56.3. The third kappa shape index (κ3) is 7.96. The van der Waals surface area contributed by atoms with E-state index in [2.05, 4.69) is 15.6 Å². The van der Waals surface area contributed by atoms with Crippen molar-refractivity contribution in [2.24, 2.45) is 0 Å². The van der Waals surface area contributed by atoms with Crippen LogP contribution in [0.2, 0.25) is 0 Å². The van der Waals surface area contributed by atoms with Crippen LogP contribution in [-0.2, 0) is 14.3 Å². The van der Waals surface area contributed by atoms with Crippen LogP contribution in [0, 0.1) is 0 Å². The first-order valence-corrected chi connectivity index (χ1v) is 13.8. The van der Waals surface area contributed by atoms with Gasteiger partial charge in [0.1, 0.15) is 24.1 Å². The van der Waals surface area contributed by atoms with Gasteiger partial charge in [-0.25, -0.2) is 9.78 Å². The molecule has 3 rings (SSSR count). The maximum absolute atomic E-state index is 13.5. The van der Waals surface area contributed by atoms with E-state index in [1.165, 1.54) is 0 Å². The van der Waals surface area contributed by atoms with Crippen LogP contribution >= 0.6 is 11.3 Å². The topological polar surface area (TPSA) is 127 Å². The second-order valence-electron chi connectivity index (χ2n) is 9.04. The van der Waals surface area contributed by atoms with E-state index in [4.69, 9.17) is 9.47 Å². The van der Waals surface area contributed by atoms with Crippen molar-refractivity contribution in [2.75, 3.05) is 25.6 Å². The lowest BCUT2D eigenvalue weighted by Gasteiger charge is -2.31. The van der Waals surface area contributed by atoms with E-state index in [9.17, 15) is 19.2 Å². The van der Waals surface area contributed by atoms with Crippen molar-refractivity contribution in [2.45, 2.75) is 45.2 Å². The highest BCUT2D eigenvalue weighted by molar-refractivity contribution is 7.14. The third-order valence-corrected chi connectivity index (χ3v) is 7.09. The van der Waals surface area contributed by atoms with Gasteiger partial charge in [0.2, 0.25) is 12.3 Å². The molecule has 0 bridgehead atoms. The molecule has 1 aromatic heterocycles. The first kappa shape index (κ1) is 30.5. The van der Waals surface area contributed by atoms with E-state index < -0.39 is 29.9 Å². The van der Waals surface area contributed by atoms with Crippen molar-refractivity contribution >= 4 is 40.6 Å². The van der Waals surface area contributed by atoms with Crippen molar-refractivity contribution in [1.29, 1.82) is 0 Å². The Hall–Kier alpha value is -4.09. The molecule has 3 aromatic rings. The molecule has 3 unspecified atom stereocenters. The van der Waals surface area contributed by atoms with Crippen LogP contribution in [0.3, 0.4) is 0 Å². The zero-order valence-corrected chi connectivity index (χ0v) is 23.8. The number of carbonyl (C=O) groups is 4. The van der Waals surface area contributed by atoms with Gasteiger partial charge in [0, 0.05) is 24.8 Å². The lowest BCUT2D eigenvalue weighted by atomic mass is 9.91. The Bertz CT molecular complexity index is 1280. The first-order chi connectivity index (χ1) is 19.3. The fraction of sp³-hybridized carbons (Fsp3) is 0.345. The van der Waals surface area contributed by atoms with Gasteiger partial charge in [-0.15, -0.1) is 11.3 Å². The van der Waals surface area contributed by atoms with Crippen LogP contribution in [0.5, 0.6) is 5.75 Å². The number of anilines is 1. The van der Waals surface area contributed by atoms with E-state index >= 15 is 0 Å². The predicted molar refractivity (Wildman–Crippen MR) is 153 cm³/mol. The highest BCUT2D eigenvalue weighted by Crippen LogP contribution is 2.26. The minimum atomic E-state index is -1.20. The van der Waals surface area contributed by atoms with Gasteiger partial charge in [-0.05, 0) is 30.2 Å². The van der Waals surface area contributed by atoms with Gasteiger partial charge in [0.05, 0.1) is 12.6 Å². The number of aromatic nitrogens is 1. The number of hydrogen-bond donors (Lipinski definition) is 2. The number of rotatable bonds is 14. The molecular weight excluding hydrogens is 532 g/mol. The summed E-state index contributed by atoms with van der Waals surface area (Å²) in [5.41, 5.74) is 1.80. The molecule has 11 heteroatoms. The number of ether oxygens (including phenoxy) is 2. The summed E-state index contributed by atoms with van der Waals surface area (Å²) in [5, 5.41) is 7.27. The number of urea groups is 1. The van der Waals surface area contributed by atoms with Crippen LogP contribution in [0.25, 0.3) is 0 Å². The van der Waals surface area contributed by atoms with Crippen molar-refractivity contribution in [3.8, 4) is 5.75 Å². The standard InChI is InChI=1S/C29H34N4O6S/c1-5-25(35)24-17-40-28(31-24)32-27(36)26(19(2)21-9-7-6-8-10-21)33(18-34)29(37)30-20(3)22-11-13-23(14-12-22)39-16-15-38-4/h6-14,17-20,26H,5,15-16H2,1-4H3,(H,30,37)(H,31,32,36). The van der Waals surface area contributed by atoms with E-state index in [-0.39, 0.29) is 23.0 Å². The van der Waals surface area contributed by atoms with Gasteiger partial charge in [0.15, 0.2) is 10.9 Å². The quantitative estimate of drug-likeness (QED) is 0.163. The summed E-state index contributed by atoms with van der Waals surface area (Å²) in [6, 6.07) is 13.9. The highest BCUT2D eigenvalue weighted by atomic mass is 32.1. The smallest absolute Gasteiger partial charge is 0.325 e. The molecule has 2 aromatic carbocycles. The van der Waals surface area contributed by atoms with Crippen LogP contribution in [-0.4, -0.2) is 60.4 Å². The van der Waals surface area contributed by atoms with Gasteiger partial charge in [-0.2, -0.15) is 0 Å². The van der Waals surface area contributed by atoms with E-state index in [1.54, 1.807) is 45.4 Å². The van der Waals surface area contributed by atoms with Gasteiger partial charge in [-0.1, -0.05) is 56.3 Å². The van der Waals surface area contributed by atoms with Crippen LogP contribution in [0.1, 0.15) is 60.8 Å². The molecule has 1 heterocycles. The third-order valence-electron chi connectivity index (χ3n) is 6.33. The van der Waals surface area contributed by atoms with Gasteiger partial charge >= 0.3 is 6.03 Å². The molecule has 3 atom stereocenters. The number of benzene rings is 2. The van der Waals surface area contributed by atoms with Crippen LogP contribution in [0.15, 0.2) is 60.0 Å². The fourth-order valence-electron chi connectivity index (χ4n) is 4.03. The predicted octanol–water partition coefficient (Wildman–Crippen LogP) is 4.80. The first-order valence-electron chi connectivity index (χ1n) is 12.9. The van der Waals surface area contributed by atoms with Gasteiger partial charge < -0.3 is 20.1 Å². The Kier molecular flexibility index (Phi) is 11.3. The number of imide groups is 1. The molecule has 212 valence electrons. The lowest BCUT2D eigenvalue weighted by Crippen LogP contribution is -2.53. The Balaban J connectivity index is 1.80. The summed E-state index contributed by atoms with van der Waals surface area (Å²) in [6.07, 6.45) is 0.637. The van der Waals surface area contributed by atoms with Gasteiger partial charge in [0.25, 0.3) is 0 Å². The molecule has 10 nitrogen and oxygen atoms in total. The molecule has 0 aliphatic heterocycles. The summed E-state index contributed by atoms with van der Waals surface area (Å²) in [7, 11) is 1.60. The summed E-state index contributed by atoms with van der Waals surface area (Å²) < 4.78 is 10.6. The molecule has 0 saturated carbocycles. The Labute approximate surface area is 237 Å². The lowest BCUT2D eigenvalue weighted by molar-refractivity contribution is -0.127. The molecule has 2 N–H and O–H groups in total. The number of carbonyl (C=O) groups excluding carboxylic acids is 4. The summed E-state index contributed by atoms with van der Waals surface area (Å²) in [5.74, 6) is -0.641. The number of Topliss-reactive ketones (excluding diaryl/α,β-unsaturated/α-hetero) is 1. The highest BCUT2D eigenvalue weighted by Gasteiger charge is 2.36. The monoisotopic (exact) mass is 566 g/mol. The van der Waals surface area contributed by atoms with Crippen molar-refractivity contribution in [1.82, 2.24) is 15.2 Å². The number of methoxy groups -OCH3 is 1. The van der Waals surface area contributed by atoms with E-state index in [1.807, 2.05) is 42.5 Å². The normalized spacial score (nSPS) is 13.0. The fourth-order valence-corrected chi connectivity index (χ4v) is 4.75. The Morgan fingerprint density at radius 3 is 2.35 bits per heavy atom. The molecule has 4 amide bonds. The molecular formula is C29H34N4O6S. The number of nitrogens with zero attached hydrogens (tertiary/aromatic N) is 2. The number of thiazole rings is 1. The molecule has 0 spiro atoms. The molecule has 0 radical (unpaired) electrons. The number of nitrogens with one attached hydrogen (secondary N) is 2. The molecule has 0 fully saturated rings. The summed E-state index contributed by atoms with van der Waals surface area (Å²) in [6.45, 7) is 6.15. The molecule has 0 aliphatic carbocycles. The van der Waals surface area contributed by atoms with Gasteiger partial charge in [-0.3, -0.25) is 19.3 Å².